The predicted molar refractivity (Wildman–Crippen MR) is 137 cm³/mol. The van der Waals surface area contributed by atoms with Crippen LogP contribution < -0.4 is 0 Å². The highest BCUT2D eigenvalue weighted by Crippen LogP contribution is 2.68. The first-order valence-corrected chi connectivity index (χ1v) is 13.7. The summed E-state index contributed by atoms with van der Waals surface area (Å²) in [6.07, 6.45) is 2.49. The average molecular weight is 488 g/mol. The van der Waals surface area contributed by atoms with Crippen LogP contribution in [0.5, 0.6) is 0 Å². The molecule has 1 fully saturated rings. The Hall–Kier alpha value is -3.05. The van der Waals surface area contributed by atoms with Gasteiger partial charge in [0.05, 0.1) is 18.9 Å². The molecule has 0 aliphatic heterocycles. The van der Waals surface area contributed by atoms with Crippen molar-refractivity contribution in [2.75, 3.05) is 13.2 Å². The standard InChI is InChI=1S/C28H30N3O3P/c1-3-33-35(32,34-4-2)26-20-25(26)27-29-21-31(30-27)28(22-14-8-5-9-15-22,23-16-10-6-11-17-23)24-18-12-7-13-19-24/h5-19,21,25-26H,3-4,20H2,1-2H3. The van der Waals surface area contributed by atoms with Gasteiger partial charge in [-0.1, -0.05) is 91.0 Å². The van der Waals surface area contributed by atoms with E-state index in [1.807, 2.05) is 73.1 Å². The fourth-order valence-electron chi connectivity index (χ4n) is 4.94. The summed E-state index contributed by atoms with van der Waals surface area (Å²) in [7, 11) is -3.20. The summed E-state index contributed by atoms with van der Waals surface area (Å²) in [5.41, 5.74) is 2.31. The number of nitrogens with zero attached hydrogens (tertiary/aromatic N) is 3. The highest BCUT2D eigenvalue weighted by atomic mass is 31.2. The highest BCUT2D eigenvalue weighted by molar-refractivity contribution is 7.55. The molecule has 4 aromatic rings. The molecule has 5 rings (SSSR count). The summed E-state index contributed by atoms with van der Waals surface area (Å²) in [4.78, 5) is 4.72. The van der Waals surface area contributed by atoms with E-state index in [1.165, 1.54) is 0 Å². The van der Waals surface area contributed by atoms with Gasteiger partial charge in [0.25, 0.3) is 0 Å². The van der Waals surface area contributed by atoms with Gasteiger partial charge >= 0.3 is 7.60 Å². The molecule has 3 aromatic carbocycles. The van der Waals surface area contributed by atoms with Crippen molar-refractivity contribution >= 4 is 7.60 Å². The minimum absolute atomic E-state index is 0.0554. The van der Waals surface area contributed by atoms with Crippen LogP contribution in [0.1, 0.15) is 48.7 Å². The third-order valence-electron chi connectivity index (χ3n) is 6.54. The Morgan fingerprint density at radius 1 is 0.829 bits per heavy atom. The lowest BCUT2D eigenvalue weighted by atomic mass is 9.77. The zero-order chi connectivity index (χ0) is 24.3. The Bertz CT molecular complexity index is 1190. The van der Waals surface area contributed by atoms with Crippen molar-refractivity contribution in [3.05, 3.63) is 120 Å². The Balaban J connectivity index is 1.63. The third kappa shape index (κ3) is 4.27. The molecule has 1 saturated carbocycles. The number of hydrogen-bond donors (Lipinski definition) is 0. The lowest BCUT2D eigenvalue weighted by molar-refractivity contribution is 0.218. The van der Waals surface area contributed by atoms with Crippen LogP contribution in [-0.4, -0.2) is 33.6 Å². The summed E-state index contributed by atoms with van der Waals surface area (Å²) in [5.74, 6) is 0.613. The van der Waals surface area contributed by atoms with Crippen molar-refractivity contribution in [1.29, 1.82) is 0 Å². The molecule has 0 amide bonds. The van der Waals surface area contributed by atoms with Gasteiger partial charge in [-0.15, -0.1) is 0 Å². The van der Waals surface area contributed by atoms with E-state index < -0.39 is 13.1 Å². The zero-order valence-electron chi connectivity index (χ0n) is 20.0. The summed E-state index contributed by atoms with van der Waals surface area (Å²) < 4.78 is 26.5. The molecule has 2 unspecified atom stereocenters. The Labute approximate surface area is 206 Å². The lowest BCUT2D eigenvalue weighted by Crippen LogP contribution is -2.38. The van der Waals surface area contributed by atoms with Crippen LogP contribution in [-0.2, 0) is 19.2 Å². The minimum atomic E-state index is -3.20. The molecule has 2 atom stereocenters. The van der Waals surface area contributed by atoms with Crippen LogP contribution in [0, 0.1) is 0 Å². The van der Waals surface area contributed by atoms with Gasteiger partial charge in [-0.25, -0.2) is 9.67 Å². The first kappa shape index (κ1) is 23.7. The van der Waals surface area contributed by atoms with Crippen molar-refractivity contribution in [3.8, 4) is 0 Å². The van der Waals surface area contributed by atoms with Gasteiger partial charge < -0.3 is 9.05 Å². The fraction of sp³-hybridized carbons (Fsp3) is 0.286. The Morgan fingerprint density at radius 3 is 1.71 bits per heavy atom. The zero-order valence-corrected chi connectivity index (χ0v) is 20.9. The first-order valence-electron chi connectivity index (χ1n) is 12.1. The van der Waals surface area contributed by atoms with Gasteiger partial charge in [0.1, 0.15) is 11.9 Å². The SMILES string of the molecule is CCOP(=O)(OCC)C1CC1c1ncn(C(c2ccccc2)(c2ccccc2)c2ccccc2)n1. The van der Waals surface area contributed by atoms with E-state index >= 15 is 0 Å². The number of aromatic nitrogens is 3. The van der Waals surface area contributed by atoms with Crippen molar-refractivity contribution in [2.24, 2.45) is 0 Å². The van der Waals surface area contributed by atoms with E-state index in [9.17, 15) is 4.57 Å². The Kier molecular flexibility index (Phi) is 6.70. The van der Waals surface area contributed by atoms with Crippen LogP contribution in [0.4, 0.5) is 0 Å². The monoisotopic (exact) mass is 487 g/mol. The van der Waals surface area contributed by atoms with E-state index in [-0.39, 0.29) is 11.6 Å². The smallest absolute Gasteiger partial charge is 0.309 e. The number of benzene rings is 3. The molecular weight excluding hydrogens is 457 g/mol. The van der Waals surface area contributed by atoms with E-state index in [0.717, 1.165) is 16.7 Å². The molecular formula is C28H30N3O3P. The highest BCUT2D eigenvalue weighted by Gasteiger charge is 2.55. The van der Waals surface area contributed by atoms with Crippen molar-refractivity contribution < 1.29 is 13.6 Å². The van der Waals surface area contributed by atoms with Crippen molar-refractivity contribution in [2.45, 2.75) is 37.4 Å². The molecule has 180 valence electrons. The molecule has 0 spiro atoms. The second-order valence-corrected chi connectivity index (χ2v) is 10.9. The lowest BCUT2D eigenvalue weighted by Gasteiger charge is -2.35. The van der Waals surface area contributed by atoms with Gasteiger partial charge in [-0.05, 0) is 37.0 Å². The second kappa shape index (κ2) is 9.90. The molecule has 1 aromatic heterocycles. The van der Waals surface area contributed by atoms with Gasteiger partial charge in [0.2, 0.25) is 0 Å². The van der Waals surface area contributed by atoms with Gasteiger partial charge in [0, 0.05) is 5.92 Å². The van der Waals surface area contributed by atoms with E-state index in [1.54, 1.807) is 6.33 Å². The third-order valence-corrected chi connectivity index (χ3v) is 9.16. The Morgan fingerprint density at radius 2 is 1.29 bits per heavy atom. The van der Waals surface area contributed by atoms with Crippen LogP contribution in [0.15, 0.2) is 97.3 Å². The summed E-state index contributed by atoms with van der Waals surface area (Å²) in [6.45, 7) is 4.37. The maximum Gasteiger partial charge on any atom is 0.334 e. The molecule has 0 bridgehead atoms. The molecule has 7 heteroatoms. The van der Waals surface area contributed by atoms with Gasteiger partial charge in [-0.3, -0.25) is 4.57 Å². The molecule has 1 aliphatic rings. The molecule has 6 nitrogen and oxygen atoms in total. The largest absolute Gasteiger partial charge is 0.334 e. The molecule has 1 aliphatic carbocycles. The first-order chi connectivity index (χ1) is 17.1. The van der Waals surface area contributed by atoms with E-state index in [4.69, 9.17) is 19.1 Å². The van der Waals surface area contributed by atoms with Crippen molar-refractivity contribution in [1.82, 2.24) is 14.8 Å². The normalized spacial score (nSPS) is 17.9. The number of rotatable bonds is 10. The average Bonchev–Trinajstić information content (AvgIpc) is 3.57. The molecule has 0 radical (unpaired) electrons. The maximum absolute atomic E-state index is 13.3. The van der Waals surface area contributed by atoms with Gasteiger partial charge in [-0.2, -0.15) is 5.10 Å². The second-order valence-electron chi connectivity index (χ2n) is 8.64. The number of hydrogen-bond acceptors (Lipinski definition) is 5. The van der Waals surface area contributed by atoms with Crippen molar-refractivity contribution in [3.63, 3.8) is 0 Å². The van der Waals surface area contributed by atoms with Crippen LogP contribution >= 0.6 is 7.60 Å². The molecule has 0 saturated heterocycles. The topological polar surface area (TPSA) is 66.2 Å². The van der Waals surface area contributed by atoms with E-state index in [2.05, 4.69) is 36.4 Å². The van der Waals surface area contributed by atoms with Crippen LogP contribution in [0.25, 0.3) is 0 Å². The fourth-order valence-corrected chi connectivity index (χ4v) is 7.18. The van der Waals surface area contributed by atoms with Gasteiger partial charge in [0.15, 0.2) is 5.82 Å². The molecule has 0 N–H and O–H groups in total. The summed E-state index contributed by atoms with van der Waals surface area (Å²) in [5, 5.41) is 5.03. The maximum atomic E-state index is 13.3. The van der Waals surface area contributed by atoms with E-state index in [0.29, 0.717) is 25.5 Å². The predicted octanol–water partition coefficient (Wildman–Crippen LogP) is 6.24. The molecule has 35 heavy (non-hydrogen) atoms. The summed E-state index contributed by atoms with van der Waals surface area (Å²) in [6, 6.07) is 31.1. The van der Waals surface area contributed by atoms with Crippen LogP contribution in [0.2, 0.25) is 0 Å². The minimum Gasteiger partial charge on any atom is -0.309 e. The van der Waals surface area contributed by atoms with Crippen LogP contribution in [0.3, 0.4) is 0 Å². The molecule has 1 heterocycles. The summed E-state index contributed by atoms with van der Waals surface area (Å²) >= 11 is 0. The quantitative estimate of drug-likeness (QED) is 0.196.